The molecule has 0 atom stereocenters. The van der Waals surface area contributed by atoms with Crippen molar-refractivity contribution < 1.29 is 14.3 Å². The van der Waals surface area contributed by atoms with Gasteiger partial charge in [0.2, 0.25) is 6.29 Å². The molecule has 1 aromatic rings. The number of hydrogen-bond acceptors (Lipinski definition) is 4. The zero-order valence-corrected chi connectivity index (χ0v) is 13.2. The summed E-state index contributed by atoms with van der Waals surface area (Å²) in [5.74, 6) is 0.358. The van der Waals surface area contributed by atoms with Crippen molar-refractivity contribution in [3.05, 3.63) is 35.4 Å². The zero-order chi connectivity index (χ0) is 15.9. The van der Waals surface area contributed by atoms with Crippen molar-refractivity contribution in [2.45, 2.75) is 20.4 Å². The molecular weight excluding hydrogens is 280 g/mol. The number of ether oxygens (including phenoxy) is 1. The fourth-order valence-corrected chi connectivity index (χ4v) is 2.35. The van der Waals surface area contributed by atoms with Crippen molar-refractivity contribution in [2.24, 2.45) is 5.92 Å². The Morgan fingerprint density at radius 1 is 1.18 bits per heavy atom. The summed E-state index contributed by atoms with van der Waals surface area (Å²) in [4.78, 5) is 26.5. The first-order valence-electron chi connectivity index (χ1n) is 7.69. The van der Waals surface area contributed by atoms with Crippen LogP contribution in [-0.4, -0.2) is 55.0 Å². The largest absolute Gasteiger partial charge is 0.449 e. The highest BCUT2D eigenvalue weighted by Gasteiger charge is 2.22. The molecule has 1 heterocycles. The van der Waals surface area contributed by atoms with Crippen molar-refractivity contribution in [1.29, 1.82) is 0 Å². The fourth-order valence-electron chi connectivity index (χ4n) is 2.35. The molecule has 0 saturated carbocycles. The molecule has 1 aliphatic rings. The smallest absolute Gasteiger partial charge is 0.409 e. The summed E-state index contributed by atoms with van der Waals surface area (Å²) in [6, 6.07) is 7.46. The Morgan fingerprint density at radius 2 is 1.82 bits per heavy atom. The zero-order valence-electron chi connectivity index (χ0n) is 13.2. The van der Waals surface area contributed by atoms with Gasteiger partial charge in [0, 0.05) is 38.3 Å². The van der Waals surface area contributed by atoms with Crippen molar-refractivity contribution in [3.8, 4) is 0 Å². The highest BCUT2D eigenvalue weighted by Crippen LogP contribution is 2.10. The van der Waals surface area contributed by atoms with E-state index in [9.17, 15) is 9.59 Å². The molecule has 5 heteroatoms. The van der Waals surface area contributed by atoms with Gasteiger partial charge in [-0.3, -0.25) is 9.69 Å². The highest BCUT2D eigenvalue weighted by molar-refractivity contribution is 5.75. The second kappa shape index (κ2) is 7.94. The summed E-state index contributed by atoms with van der Waals surface area (Å²) in [5.41, 5.74) is 1.73. The maximum absolute atomic E-state index is 11.9. The lowest BCUT2D eigenvalue weighted by Gasteiger charge is -2.34. The van der Waals surface area contributed by atoms with Crippen LogP contribution in [0, 0.1) is 5.92 Å². The predicted octanol–water partition coefficient (Wildman–Crippen LogP) is 2.05. The number of carbonyl (C=O) groups excluding carboxylic acids is 2. The Kier molecular flexibility index (Phi) is 5.95. The summed E-state index contributed by atoms with van der Waals surface area (Å²) in [6.45, 7) is 8.40. The standard InChI is InChI=1S/C17H23N2O3/c1-14(2)13-22-17(21)19-9-7-18(8-10-19)11-15-3-5-16(12-20)6-4-15/h3-6,14H,7-11,13H2,1-2H3. The third-order valence-corrected chi connectivity index (χ3v) is 3.65. The van der Waals surface area contributed by atoms with E-state index in [4.69, 9.17) is 4.74 Å². The summed E-state index contributed by atoms with van der Waals surface area (Å²) in [6.07, 6.45) is 1.67. The normalized spacial score (nSPS) is 15.9. The maximum Gasteiger partial charge on any atom is 0.409 e. The first-order valence-corrected chi connectivity index (χ1v) is 7.69. The second-order valence-corrected chi connectivity index (χ2v) is 6.03. The van der Waals surface area contributed by atoms with Crippen LogP contribution >= 0.6 is 0 Å². The number of benzene rings is 1. The Balaban J connectivity index is 1.76. The lowest BCUT2D eigenvalue weighted by molar-refractivity contribution is 0.0676. The topological polar surface area (TPSA) is 49.9 Å². The Bertz CT molecular complexity index is 491. The van der Waals surface area contributed by atoms with Crippen molar-refractivity contribution in [3.63, 3.8) is 0 Å². The van der Waals surface area contributed by atoms with E-state index in [-0.39, 0.29) is 6.09 Å². The molecule has 0 unspecified atom stereocenters. The molecule has 2 rings (SSSR count). The second-order valence-electron chi connectivity index (χ2n) is 6.03. The summed E-state index contributed by atoms with van der Waals surface area (Å²) >= 11 is 0. The van der Waals surface area contributed by atoms with Crippen LogP contribution in [0.2, 0.25) is 0 Å². The van der Waals surface area contributed by atoms with E-state index in [0.717, 1.165) is 25.2 Å². The molecule has 1 radical (unpaired) electrons. The van der Waals surface area contributed by atoms with Gasteiger partial charge in [-0.2, -0.15) is 0 Å². The maximum atomic E-state index is 11.9. The van der Waals surface area contributed by atoms with Crippen molar-refractivity contribution >= 4 is 12.4 Å². The van der Waals surface area contributed by atoms with Gasteiger partial charge in [0.1, 0.15) is 0 Å². The molecule has 1 aromatic carbocycles. The van der Waals surface area contributed by atoms with E-state index < -0.39 is 0 Å². The van der Waals surface area contributed by atoms with Crippen LogP contribution in [0.4, 0.5) is 4.79 Å². The number of hydrogen-bond donors (Lipinski definition) is 0. The Labute approximate surface area is 131 Å². The molecule has 0 aliphatic carbocycles. The molecule has 0 bridgehead atoms. The third kappa shape index (κ3) is 4.84. The number of amides is 1. The van der Waals surface area contributed by atoms with Crippen LogP contribution in [0.25, 0.3) is 0 Å². The molecule has 0 N–H and O–H groups in total. The molecule has 0 aromatic heterocycles. The Morgan fingerprint density at radius 3 is 2.36 bits per heavy atom. The van der Waals surface area contributed by atoms with E-state index >= 15 is 0 Å². The minimum absolute atomic E-state index is 0.209. The number of piperazine rings is 1. The van der Waals surface area contributed by atoms with E-state index in [1.54, 1.807) is 17.0 Å². The molecule has 5 nitrogen and oxygen atoms in total. The van der Waals surface area contributed by atoms with E-state index in [1.165, 1.54) is 0 Å². The first-order chi connectivity index (χ1) is 10.6. The molecule has 1 saturated heterocycles. The van der Waals surface area contributed by atoms with E-state index in [1.807, 2.05) is 32.3 Å². The quantitative estimate of drug-likeness (QED) is 0.835. The van der Waals surface area contributed by atoms with Crippen molar-refractivity contribution in [2.75, 3.05) is 32.8 Å². The molecule has 119 valence electrons. The lowest BCUT2D eigenvalue weighted by Crippen LogP contribution is -2.48. The minimum atomic E-state index is -0.209. The van der Waals surface area contributed by atoms with Crippen LogP contribution in [0.1, 0.15) is 25.0 Å². The average Bonchev–Trinajstić information content (AvgIpc) is 2.54. The Hall–Kier alpha value is -1.88. The SMILES string of the molecule is CC(C)COC(=O)N1CCN(Cc2ccc([C]=O)cc2)CC1. The summed E-state index contributed by atoms with van der Waals surface area (Å²) in [5, 5.41) is 0. The van der Waals surface area contributed by atoms with Crippen LogP contribution in [0.15, 0.2) is 24.3 Å². The molecule has 1 aliphatic heterocycles. The third-order valence-electron chi connectivity index (χ3n) is 3.65. The van der Waals surface area contributed by atoms with Gasteiger partial charge in [0.05, 0.1) is 6.61 Å². The lowest BCUT2D eigenvalue weighted by atomic mass is 10.1. The molecule has 0 spiro atoms. The predicted molar refractivity (Wildman–Crippen MR) is 84.3 cm³/mol. The van der Waals surface area contributed by atoms with Gasteiger partial charge in [-0.25, -0.2) is 4.79 Å². The summed E-state index contributed by atoms with van der Waals surface area (Å²) < 4.78 is 5.25. The van der Waals surface area contributed by atoms with E-state index in [0.29, 0.717) is 31.2 Å². The van der Waals surface area contributed by atoms with Crippen molar-refractivity contribution in [1.82, 2.24) is 9.80 Å². The van der Waals surface area contributed by atoms with Gasteiger partial charge < -0.3 is 9.64 Å². The van der Waals surface area contributed by atoms with Gasteiger partial charge in [-0.05, 0) is 11.5 Å². The van der Waals surface area contributed by atoms with Gasteiger partial charge in [-0.1, -0.05) is 38.1 Å². The van der Waals surface area contributed by atoms with Gasteiger partial charge in [0.15, 0.2) is 0 Å². The first kappa shape index (κ1) is 16.5. The van der Waals surface area contributed by atoms with Crippen LogP contribution in [0.5, 0.6) is 0 Å². The monoisotopic (exact) mass is 303 g/mol. The highest BCUT2D eigenvalue weighted by atomic mass is 16.6. The van der Waals surface area contributed by atoms with Gasteiger partial charge in [0.25, 0.3) is 0 Å². The number of carbonyl (C=O) groups is 1. The van der Waals surface area contributed by atoms with Gasteiger partial charge >= 0.3 is 6.09 Å². The minimum Gasteiger partial charge on any atom is -0.449 e. The van der Waals surface area contributed by atoms with Crippen LogP contribution in [-0.2, 0) is 16.1 Å². The molecule has 1 fully saturated rings. The van der Waals surface area contributed by atoms with Crippen LogP contribution in [0.3, 0.4) is 0 Å². The molecule has 22 heavy (non-hydrogen) atoms. The fraction of sp³-hybridized carbons (Fsp3) is 0.529. The van der Waals surface area contributed by atoms with Gasteiger partial charge in [-0.15, -0.1) is 0 Å². The number of nitrogens with zero attached hydrogens (tertiary/aromatic N) is 2. The van der Waals surface area contributed by atoms with E-state index in [2.05, 4.69) is 4.90 Å². The summed E-state index contributed by atoms with van der Waals surface area (Å²) in [7, 11) is 0. The average molecular weight is 303 g/mol. The molecular formula is C17H23N2O3. The molecule has 1 amide bonds. The number of rotatable bonds is 5. The van der Waals surface area contributed by atoms with Crippen LogP contribution < -0.4 is 0 Å².